The van der Waals surface area contributed by atoms with E-state index in [1.807, 2.05) is 18.2 Å². The molecule has 1 aromatic carbocycles. The van der Waals surface area contributed by atoms with E-state index in [1.165, 1.54) is 6.33 Å². The maximum Gasteiger partial charge on any atom is 0.124 e. The van der Waals surface area contributed by atoms with Crippen molar-refractivity contribution in [3.8, 4) is 11.5 Å². The van der Waals surface area contributed by atoms with Gasteiger partial charge in [-0.3, -0.25) is 0 Å². The second kappa shape index (κ2) is 5.14. The fourth-order valence-electron chi connectivity index (χ4n) is 2.22. The van der Waals surface area contributed by atoms with Crippen LogP contribution in [0, 0.1) is 0 Å². The Bertz CT molecular complexity index is 560. The Morgan fingerprint density at radius 2 is 2.16 bits per heavy atom. The Labute approximate surface area is 111 Å². The predicted octanol–water partition coefficient (Wildman–Crippen LogP) is 2.42. The maximum atomic E-state index is 5.66. The van der Waals surface area contributed by atoms with Crippen LogP contribution >= 0.6 is 0 Å². The van der Waals surface area contributed by atoms with E-state index < -0.39 is 0 Å². The first-order valence-electron chi connectivity index (χ1n) is 6.19. The maximum absolute atomic E-state index is 5.66. The molecule has 0 spiro atoms. The van der Waals surface area contributed by atoms with Gasteiger partial charge in [0.15, 0.2) is 0 Å². The molecule has 1 N–H and O–H groups in total. The van der Waals surface area contributed by atoms with Gasteiger partial charge in [0.05, 0.1) is 37.8 Å². The van der Waals surface area contributed by atoms with Crippen molar-refractivity contribution in [1.82, 2.24) is 9.97 Å². The molecule has 0 saturated carbocycles. The lowest BCUT2D eigenvalue weighted by Gasteiger charge is -2.27. The first-order chi connectivity index (χ1) is 9.36. The molecule has 3 rings (SSSR count). The number of nitrogens with zero attached hydrogens (tertiary/aromatic N) is 2. The number of rotatable bonds is 3. The van der Waals surface area contributed by atoms with E-state index in [4.69, 9.17) is 9.47 Å². The van der Waals surface area contributed by atoms with Gasteiger partial charge in [-0.2, -0.15) is 0 Å². The number of hydrogen-bond acceptors (Lipinski definition) is 5. The monoisotopic (exact) mass is 257 g/mol. The molecule has 98 valence electrons. The highest BCUT2D eigenvalue weighted by atomic mass is 16.5. The van der Waals surface area contributed by atoms with Gasteiger partial charge in [0.2, 0.25) is 0 Å². The average Bonchev–Trinajstić information content (AvgIpc) is 2.48. The zero-order valence-electron chi connectivity index (χ0n) is 10.7. The van der Waals surface area contributed by atoms with E-state index in [2.05, 4.69) is 15.3 Å². The molecular formula is C14H15N3O2. The van der Waals surface area contributed by atoms with Crippen molar-refractivity contribution in [3.05, 3.63) is 42.5 Å². The van der Waals surface area contributed by atoms with Crippen LogP contribution in [0.5, 0.6) is 11.5 Å². The molecule has 0 fully saturated rings. The molecule has 1 unspecified atom stereocenters. The van der Waals surface area contributed by atoms with Crippen molar-refractivity contribution in [2.75, 3.05) is 19.0 Å². The van der Waals surface area contributed by atoms with E-state index in [0.29, 0.717) is 6.61 Å². The number of methoxy groups -OCH3 is 1. The van der Waals surface area contributed by atoms with Crippen molar-refractivity contribution < 1.29 is 9.47 Å². The van der Waals surface area contributed by atoms with E-state index in [-0.39, 0.29) is 6.04 Å². The van der Waals surface area contributed by atoms with Gasteiger partial charge in [-0.15, -0.1) is 0 Å². The molecule has 1 aromatic heterocycles. The lowest BCUT2D eigenvalue weighted by atomic mass is 10.00. The molecule has 5 nitrogen and oxygen atoms in total. The summed E-state index contributed by atoms with van der Waals surface area (Å²) < 4.78 is 10.9. The minimum absolute atomic E-state index is 0.185. The summed E-state index contributed by atoms with van der Waals surface area (Å²) in [5.74, 6) is 1.74. The van der Waals surface area contributed by atoms with Gasteiger partial charge < -0.3 is 14.8 Å². The number of fused-ring (bicyclic) bond motifs is 1. The first kappa shape index (κ1) is 11.8. The normalized spacial score (nSPS) is 17.2. The number of benzene rings is 1. The van der Waals surface area contributed by atoms with Crippen molar-refractivity contribution >= 4 is 5.69 Å². The van der Waals surface area contributed by atoms with Gasteiger partial charge in [0, 0.05) is 12.0 Å². The number of ether oxygens (including phenoxy) is 2. The van der Waals surface area contributed by atoms with Crippen LogP contribution in [0.1, 0.15) is 18.0 Å². The van der Waals surface area contributed by atoms with Gasteiger partial charge in [-0.1, -0.05) is 0 Å². The van der Waals surface area contributed by atoms with Crippen molar-refractivity contribution in [1.29, 1.82) is 0 Å². The summed E-state index contributed by atoms with van der Waals surface area (Å²) in [6, 6.07) is 6.05. The summed E-state index contributed by atoms with van der Waals surface area (Å²) in [5, 5.41) is 3.43. The van der Waals surface area contributed by atoms with E-state index in [9.17, 15) is 0 Å². The Kier molecular flexibility index (Phi) is 3.18. The minimum atomic E-state index is 0.185. The molecule has 0 amide bonds. The molecule has 0 bridgehead atoms. The standard InChI is InChI=1S/C14H15N3O2/c1-18-11-2-3-14-12(6-11)13(4-5-19-14)17-10-7-15-9-16-8-10/h2-3,6-9,13,17H,4-5H2,1H3. The zero-order valence-corrected chi connectivity index (χ0v) is 10.7. The topological polar surface area (TPSA) is 56.3 Å². The summed E-state index contributed by atoms with van der Waals surface area (Å²) in [4.78, 5) is 8.02. The molecule has 2 heterocycles. The Hall–Kier alpha value is -2.30. The van der Waals surface area contributed by atoms with Gasteiger partial charge in [0.25, 0.3) is 0 Å². The van der Waals surface area contributed by atoms with Crippen LogP contribution in [-0.4, -0.2) is 23.7 Å². The van der Waals surface area contributed by atoms with Gasteiger partial charge in [0.1, 0.15) is 17.8 Å². The van der Waals surface area contributed by atoms with Crippen LogP contribution in [0.25, 0.3) is 0 Å². The minimum Gasteiger partial charge on any atom is -0.497 e. The number of aromatic nitrogens is 2. The molecular weight excluding hydrogens is 242 g/mol. The summed E-state index contributed by atoms with van der Waals surface area (Å²) in [7, 11) is 1.67. The van der Waals surface area contributed by atoms with Crippen molar-refractivity contribution in [2.24, 2.45) is 0 Å². The average molecular weight is 257 g/mol. The predicted molar refractivity (Wildman–Crippen MR) is 71.5 cm³/mol. The first-order valence-corrected chi connectivity index (χ1v) is 6.19. The fraction of sp³-hybridized carbons (Fsp3) is 0.286. The highest BCUT2D eigenvalue weighted by Gasteiger charge is 2.22. The van der Waals surface area contributed by atoms with E-state index in [1.54, 1.807) is 19.5 Å². The molecule has 5 heteroatoms. The van der Waals surface area contributed by atoms with Gasteiger partial charge in [-0.05, 0) is 18.2 Å². The SMILES string of the molecule is COc1ccc2c(c1)C(Nc1cncnc1)CCO2. The Balaban J connectivity index is 1.89. The summed E-state index contributed by atoms with van der Waals surface area (Å²) >= 11 is 0. The number of hydrogen-bond donors (Lipinski definition) is 1. The molecule has 1 atom stereocenters. The largest absolute Gasteiger partial charge is 0.497 e. The van der Waals surface area contributed by atoms with Crippen molar-refractivity contribution in [2.45, 2.75) is 12.5 Å². The van der Waals surface area contributed by atoms with Crippen LogP contribution < -0.4 is 14.8 Å². The van der Waals surface area contributed by atoms with Crippen LogP contribution in [-0.2, 0) is 0 Å². The Morgan fingerprint density at radius 1 is 1.32 bits per heavy atom. The van der Waals surface area contributed by atoms with E-state index >= 15 is 0 Å². The number of nitrogens with one attached hydrogen (secondary N) is 1. The quantitative estimate of drug-likeness (QED) is 0.915. The van der Waals surface area contributed by atoms with Crippen LogP contribution in [0.3, 0.4) is 0 Å². The summed E-state index contributed by atoms with van der Waals surface area (Å²) in [6.45, 7) is 0.699. The summed E-state index contributed by atoms with van der Waals surface area (Å²) in [6.07, 6.45) is 5.95. The third-order valence-corrected chi connectivity index (χ3v) is 3.16. The zero-order chi connectivity index (χ0) is 13.1. The lowest BCUT2D eigenvalue weighted by Crippen LogP contribution is -2.20. The third kappa shape index (κ3) is 2.45. The van der Waals surface area contributed by atoms with Gasteiger partial charge >= 0.3 is 0 Å². The highest BCUT2D eigenvalue weighted by Crippen LogP contribution is 2.36. The third-order valence-electron chi connectivity index (χ3n) is 3.16. The second-order valence-electron chi connectivity index (χ2n) is 4.36. The summed E-state index contributed by atoms with van der Waals surface area (Å²) in [5.41, 5.74) is 2.01. The molecule has 19 heavy (non-hydrogen) atoms. The molecule has 2 aromatic rings. The smallest absolute Gasteiger partial charge is 0.124 e. The van der Waals surface area contributed by atoms with E-state index in [0.717, 1.165) is 29.2 Å². The highest BCUT2D eigenvalue weighted by molar-refractivity contribution is 5.48. The molecule has 0 aliphatic carbocycles. The van der Waals surface area contributed by atoms with Crippen LogP contribution in [0.4, 0.5) is 5.69 Å². The Morgan fingerprint density at radius 3 is 2.95 bits per heavy atom. The fourth-order valence-corrected chi connectivity index (χ4v) is 2.22. The van der Waals surface area contributed by atoms with Crippen molar-refractivity contribution in [3.63, 3.8) is 0 Å². The van der Waals surface area contributed by atoms with Gasteiger partial charge in [-0.25, -0.2) is 9.97 Å². The second-order valence-corrected chi connectivity index (χ2v) is 4.36. The van der Waals surface area contributed by atoms with Crippen LogP contribution in [0.15, 0.2) is 36.9 Å². The lowest BCUT2D eigenvalue weighted by molar-refractivity contribution is 0.273. The number of anilines is 1. The molecule has 0 saturated heterocycles. The molecule has 1 aliphatic rings. The molecule has 1 aliphatic heterocycles. The molecule has 0 radical (unpaired) electrons. The van der Waals surface area contributed by atoms with Crippen LogP contribution in [0.2, 0.25) is 0 Å².